The summed E-state index contributed by atoms with van der Waals surface area (Å²) in [5.41, 5.74) is 2.06. The number of carbonyl (C=O) groups excluding carboxylic acids is 1. The second-order valence-corrected chi connectivity index (χ2v) is 10.7. The van der Waals surface area contributed by atoms with E-state index < -0.39 is 9.84 Å². The van der Waals surface area contributed by atoms with Crippen molar-refractivity contribution in [3.8, 4) is 0 Å². The van der Waals surface area contributed by atoms with Crippen molar-refractivity contribution in [3.05, 3.63) is 48.5 Å². The highest BCUT2D eigenvalue weighted by molar-refractivity contribution is 7.90. The van der Waals surface area contributed by atoms with Crippen LogP contribution in [-0.2, 0) is 9.84 Å². The van der Waals surface area contributed by atoms with E-state index in [-0.39, 0.29) is 22.9 Å². The number of H-pyrrole nitrogens is 2. The van der Waals surface area contributed by atoms with Gasteiger partial charge in [-0.3, -0.25) is 4.79 Å². The lowest BCUT2D eigenvalue weighted by molar-refractivity contribution is 0.0636. The number of sulfone groups is 1. The molecule has 2 saturated heterocycles. The Morgan fingerprint density at radius 3 is 2.62 bits per heavy atom. The van der Waals surface area contributed by atoms with E-state index in [0.29, 0.717) is 5.69 Å². The topological polar surface area (TPSA) is 115 Å². The Hall–Kier alpha value is -3.40. The van der Waals surface area contributed by atoms with E-state index in [2.05, 4.69) is 24.8 Å². The van der Waals surface area contributed by atoms with Crippen molar-refractivity contribution in [2.24, 2.45) is 0 Å². The molecular formula is C22H22N6O3S. The maximum Gasteiger partial charge on any atom is 0.270 e. The third kappa shape index (κ3) is 2.97. The predicted octanol–water partition coefficient (Wildman–Crippen LogP) is 2.34. The van der Waals surface area contributed by atoms with Crippen LogP contribution < -0.4 is 4.90 Å². The summed E-state index contributed by atoms with van der Waals surface area (Å²) in [4.78, 5) is 33.1. The fourth-order valence-electron chi connectivity index (χ4n) is 5.11. The van der Waals surface area contributed by atoms with Crippen LogP contribution in [0.5, 0.6) is 0 Å². The molecule has 0 saturated carbocycles. The molecule has 3 aromatic heterocycles. The number of hydrogen-bond acceptors (Lipinski definition) is 6. The van der Waals surface area contributed by atoms with Crippen LogP contribution in [0.1, 0.15) is 23.3 Å². The summed E-state index contributed by atoms with van der Waals surface area (Å²) in [6, 6.07) is 8.83. The van der Waals surface area contributed by atoms with Crippen molar-refractivity contribution in [1.82, 2.24) is 24.8 Å². The SMILES string of the molecule is CS(=O)(=O)c1ccc2[nH]c(C(=O)N3C4CCC3CN(c3ncnc5[nH]ccc35)C4)cc2c1. The van der Waals surface area contributed by atoms with E-state index in [9.17, 15) is 13.2 Å². The summed E-state index contributed by atoms with van der Waals surface area (Å²) < 4.78 is 23.7. The Balaban J connectivity index is 1.29. The first-order valence-corrected chi connectivity index (χ1v) is 12.5. The molecule has 6 rings (SSSR count). The van der Waals surface area contributed by atoms with Gasteiger partial charge in [-0.05, 0) is 43.2 Å². The highest BCUT2D eigenvalue weighted by atomic mass is 32.2. The Bertz CT molecular complexity index is 1460. The van der Waals surface area contributed by atoms with Crippen LogP contribution >= 0.6 is 0 Å². The predicted molar refractivity (Wildman–Crippen MR) is 120 cm³/mol. The van der Waals surface area contributed by atoms with Gasteiger partial charge in [0.2, 0.25) is 0 Å². The van der Waals surface area contributed by atoms with E-state index in [0.717, 1.165) is 53.7 Å². The number of aromatic nitrogens is 4. The van der Waals surface area contributed by atoms with Crippen LogP contribution in [0.4, 0.5) is 5.82 Å². The Labute approximate surface area is 184 Å². The van der Waals surface area contributed by atoms with E-state index >= 15 is 0 Å². The molecule has 10 heteroatoms. The number of carbonyl (C=O) groups is 1. The second-order valence-electron chi connectivity index (χ2n) is 8.64. The van der Waals surface area contributed by atoms with Crippen LogP contribution in [0.15, 0.2) is 47.8 Å². The molecule has 2 fully saturated rings. The zero-order valence-electron chi connectivity index (χ0n) is 17.4. The maximum atomic E-state index is 13.5. The summed E-state index contributed by atoms with van der Waals surface area (Å²) in [5.74, 6) is 0.864. The van der Waals surface area contributed by atoms with Crippen molar-refractivity contribution in [2.45, 2.75) is 29.8 Å². The smallest absolute Gasteiger partial charge is 0.270 e. The second kappa shape index (κ2) is 6.80. The molecule has 4 aromatic rings. The Morgan fingerprint density at radius 2 is 1.88 bits per heavy atom. The lowest BCUT2D eigenvalue weighted by Gasteiger charge is -2.41. The monoisotopic (exact) mass is 450 g/mol. The van der Waals surface area contributed by atoms with E-state index in [1.807, 2.05) is 17.2 Å². The highest BCUT2D eigenvalue weighted by Crippen LogP contribution is 2.35. The first-order chi connectivity index (χ1) is 15.4. The van der Waals surface area contributed by atoms with Gasteiger partial charge in [-0.15, -0.1) is 0 Å². The number of amides is 1. The maximum absolute atomic E-state index is 13.5. The molecule has 164 valence electrons. The molecule has 5 heterocycles. The summed E-state index contributed by atoms with van der Waals surface area (Å²) in [7, 11) is -3.30. The van der Waals surface area contributed by atoms with Crippen molar-refractivity contribution in [1.29, 1.82) is 0 Å². The first-order valence-electron chi connectivity index (χ1n) is 10.6. The number of rotatable bonds is 3. The molecule has 32 heavy (non-hydrogen) atoms. The van der Waals surface area contributed by atoms with Crippen LogP contribution in [-0.4, -0.2) is 70.6 Å². The number of nitrogens with one attached hydrogen (secondary N) is 2. The zero-order valence-corrected chi connectivity index (χ0v) is 18.3. The third-order valence-electron chi connectivity index (χ3n) is 6.60. The molecule has 1 amide bonds. The number of anilines is 1. The molecule has 2 N–H and O–H groups in total. The van der Waals surface area contributed by atoms with Gasteiger partial charge < -0.3 is 19.8 Å². The molecule has 1 aromatic carbocycles. The number of benzene rings is 1. The van der Waals surface area contributed by atoms with Crippen LogP contribution in [0, 0.1) is 0 Å². The van der Waals surface area contributed by atoms with Crippen molar-refractivity contribution < 1.29 is 13.2 Å². The van der Waals surface area contributed by atoms with Gasteiger partial charge in [-0.25, -0.2) is 18.4 Å². The Morgan fingerprint density at radius 1 is 1.09 bits per heavy atom. The van der Waals surface area contributed by atoms with Gasteiger partial charge in [0.1, 0.15) is 23.5 Å². The molecule has 9 nitrogen and oxygen atoms in total. The van der Waals surface area contributed by atoms with Gasteiger partial charge in [-0.2, -0.15) is 0 Å². The van der Waals surface area contributed by atoms with Crippen LogP contribution in [0.2, 0.25) is 0 Å². The van der Waals surface area contributed by atoms with Gasteiger partial charge in [0.15, 0.2) is 9.84 Å². The van der Waals surface area contributed by atoms with Gasteiger partial charge >= 0.3 is 0 Å². The van der Waals surface area contributed by atoms with E-state index in [4.69, 9.17) is 0 Å². The first kappa shape index (κ1) is 19.3. The van der Waals surface area contributed by atoms with Crippen LogP contribution in [0.3, 0.4) is 0 Å². The number of nitrogens with zero attached hydrogens (tertiary/aromatic N) is 4. The summed E-state index contributed by atoms with van der Waals surface area (Å²) in [5, 5.41) is 1.71. The lowest BCUT2D eigenvalue weighted by Crippen LogP contribution is -2.56. The van der Waals surface area contributed by atoms with Crippen molar-refractivity contribution in [2.75, 3.05) is 24.2 Å². The summed E-state index contributed by atoms with van der Waals surface area (Å²) >= 11 is 0. The molecule has 2 bridgehead atoms. The molecule has 2 unspecified atom stereocenters. The molecular weight excluding hydrogens is 428 g/mol. The Kier molecular flexibility index (Phi) is 4.10. The van der Waals surface area contributed by atoms with E-state index in [1.165, 1.54) is 6.26 Å². The number of fused-ring (bicyclic) bond motifs is 4. The molecule has 2 atom stereocenters. The molecule has 2 aliphatic heterocycles. The highest BCUT2D eigenvalue weighted by Gasteiger charge is 2.43. The minimum Gasteiger partial charge on any atom is -0.352 e. The van der Waals surface area contributed by atoms with Crippen molar-refractivity contribution >= 4 is 43.5 Å². The van der Waals surface area contributed by atoms with E-state index in [1.54, 1.807) is 30.6 Å². The quantitative estimate of drug-likeness (QED) is 0.495. The standard InChI is InChI=1S/C22H22N6O3S/c1-32(30,31)16-4-5-18-13(8-16)9-19(26-18)22(29)28-14-2-3-15(28)11-27(10-14)21-17-6-7-23-20(17)24-12-25-21/h4-9,12,14-15,26H,2-3,10-11H2,1H3,(H,23,24,25). The molecule has 0 radical (unpaired) electrons. The largest absolute Gasteiger partial charge is 0.352 e. The lowest BCUT2D eigenvalue weighted by atomic mass is 10.1. The normalized spacial score (nSPS) is 21.0. The molecule has 2 aliphatic rings. The number of piperazine rings is 1. The number of hydrogen-bond donors (Lipinski definition) is 2. The fourth-order valence-corrected chi connectivity index (χ4v) is 5.77. The molecule has 0 spiro atoms. The van der Waals surface area contributed by atoms with Crippen LogP contribution in [0.25, 0.3) is 21.9 Å². The van der Waals surface area contributed by atoms with Gasteiger partial charge in [0.25, 0.3) is 5.91 Å². The summed E-state index contributed by atoms with van der Waals surface area (Å²) in [6.07, 6.45) is 6.52. The number of aromatic amines is 2. The fraction of sp³-hybridized carbons (Fsp3) is 0.318. The third-order valence-corrected chi connectivity index (χ3v) is 7.71. The minimum absolute atomic E-state index is 0.0382. The van der Waals surface area contributed by atoms with Crippen molar-refractivity contribution in [3.63, 3.8) is 0 Å². The zero-order chi connectivity index (χ0) is 22.0. The van der Waals surface area contributed by atoms with Gasteiger partial charge in [0.05, 0.1) is 22.4 Å². The minimum atomic E-state index is -3.30. The van der Waals surface area contributed by atoms with Gasteiger partial charge in [0, 0.05) is 36.4 Å². The molecule has 0 aliphatic carbocycles. The van der Waals surface area contributed by atoms with Gasteiger partial charge in [-0.1, -0.05) is 0 Å². The average Bonchev–Trinajstić information content (AvgIpc) is 3.47. The summed E-state index contributed by atoms with van der Waals surface area (Å²) in [6.45, 7) is 1.44. The average molecular weight is 451 g/mol.